The van der Waals surface area contributed by atoms with Crippen molar-refractivity contribution in [3.05, 3.63) is 46.0 Å². The standard InChI is InChI=1S/C16H19BN4O2/c1-11-6-12(16(23)13(17)7-11)9-20-2-4-21(5-3-20)14-8-15(22)19-10-18-14/h6-8,10,23H,2-5,9H2,1H3,(H,18,19,22). The van der Waals surface area contributed by atoms with Crippen LogP contribution in [0.2, 0.25) is 0 Å². The molecule has 6 nitrogen and oxygen atoms in total. The molecule has 7 heteroatoms. The Labute approximate surface area is 136 Å². The molecule has 23 heavy (non-hydrogen) atoms. The van der Waals surface area contributed by atoms with Crippen molar-refractivity contribution < 1.29 is 5.11 Å². The van der Waals surface area contributed by atoms with Gasteiger partial charge < -0.3 is 15.0 Å². The summed E-state index contributed by atoms with van der Waals surface area (Å²) in [4.78, 5) is 22.5. The van der Waals surface area contributed by atoms with Crippen molar-refractivity contribution in [1.29, 1.82) is 0 Å². The van der Waals surface area contributed by atoms with Crippen LogP contribution in [0.4, 0.5) is 5.82 Å². The van der Waals surface area contributed by atoms with E-state index >= 15 is 0 Å². The van der Waals surface area contributed by atoms with Gasteiger partial charge in [-0.2, -0.15) is 0 Å². The Balaban J connectivity index is 1.65. The summed E-state index contributed by atoms with van der Waals surface area (Å²) in [5, 5.41) is 10.1. The van der Waals surface area contributed by atoms with Crippen LogP contribution < -0.4 is 15.9 Å². The molecule has 0 unspecified atom stereocenters. The Hall–Kier alpha value is -2.28. The maximum Gasteiger partial charge on any atom is 0.252 e. The first-order chi connectivity index (χ1) is 11.0. The molecule has 2 radical (unpaired) electrons. The molecule has 1 saturated heterocycles. The molecule has 0 amide bonds. The number of H-pyrrole nitrogens is 1. The molecule has 0 aliphatic carbocycles. The summed E-state index contributed by atoms with van der Waals surface area (Å²) in [5.41, 5.74) is 2.18. The molecule has 1 aliphatic heterocycles. The molecule has 0 atom stereocenters. The lowest BCUT2D eigenvalue weighted by molar-refractivity contribution is 0.246. The highest BCUT2D eigenvalue weighted by Crippen LogP contribution is 2.19. The predicted octanol–water partition coefficient (Wildman–Crippen LogP) is -0.100. The van der Waals surface area contributed by atoms with Crippen molar-refractivity contribution in [2.45, 2.75) is 13.5 Å². The minimum absolute atomic E-state index is 0.141. The van der Waals surface area contributed by atoms with E-state index in [1.165, 1.54) is 12.4 Å². The average molecular weight is 310 g/mol. The third kappa shape index (κ3) is 3.56. The molecule has 0 spiro atoms. The van der Waals surface area contributed by atoms with Gasteiger partial charge in [-0.05, 0) is 6.92 Å². The first kappa shape index (κ1) is 15.6. The molecule has 1 fully saturated rings. The lowest BCUT2D eigenvalue weighted by Crippen LogP contribution is -2.46. The number of aromatic amines is 1. The zero-order valence-electron chi connectivity index (χ0n) is 13.1. The zero-order valence-corrected chi connectivity index (χ0v) is 13.1. The van der Waals surface area contributed by atoms with E-state index in [1.807, 2.05) is 13.0 Å². The SMILES string of the molecule is [B]c1cc(C)cc(CN2CCN(c3cc(=O)[nH]cn3)CC2)c1O. The normalized spacial score (nSPS) is 15.8. The van der Waals surface area contributed by atoms with Crippen LogP contribution in [0.1, 0.15) is 11.1 Å². The van der Waals surface area contributed by atoms with E-state index in [4.69, 9.17) is 7.85 Å². The van der Waals surface area contributed by atoms with E-state index < -0.39 is 0 Å². The van der Waals surface area contributed by atoms with E-state index in [1.54, 1.807) is 6.07 Å². The van der Waals surface area contributed by atoms with Crippen molar-refractivity contribution in [1.82, 2.24) is 14.9 Å². The summed E-state index contributed by atoms with van der Waals surface area (Å²) in [7, 11) is 5.82. The largest absolute Gasteiger partial charge is 0.508 e. The number of aromatic nitrogens is 2. The molecule has 1 aromatic heterocycles. The van der Waals surface area contributed by atoms with Crippen LogP contribution in [-0.4, -0.2) is 54.0 Å². The minimum atomic E-state index is -0.141. The zero-order chi connectivity index (χ0) is 16.4. The quantitative estimate of drug-likeness (QED) is 0.775. The molecule has 1 aromatic carbocycles. The minimum Gasteiger partial charge on any atom is -0.508 e. The van der Waals surface area contributed by atoms with Gasteiger partial charge in [0, 0.05) is 44.4 Å². The van der Waals surface area contributed by atoms with Gasteiger partial charge in [-0.25, -0.2) is 4.98 Å². The van der Waals surface area contributed by atoms with Gasteiger partial charge in [0.2, 0.25) is 0 Å². The van der Waals surface area contributed by atoms with Crippen LogP contribution in [0.15, 0.2) is 29.3 Å². The van der Waals surface area contributed by atoms with Gasteiger partial charge in [0.1, 0.15) is 19.4 Å². The number of phenols is 1. The van der Waals surface area contributed by atoms with Crippen LogP contribution in [0, 0.1) is 6.92 Å². The van der Waals surface area contributed by atoms with E-state index in [-0.39, 0.29) is 11.3 Å². The highest BCUT2D eigenvalue weighted by molar-refractivity contribution is 6.34. The number of hydrogen-bond donors (Lipinski definition) is 2. The van der Waals surface area contributed by atoms with Crippen molar-refractivity contribution in [2.24, 2.45) is 0 Å². The van der Waals surface area contributed by atoms with Crippen molar-refractivity contribution in [2.75, 3.05) is 31.1 Å². The van der Waals surface area contributed by atoms with Crippen LogP contribution in [0.5, 0.6) is 5.75 Å². The van der Waals surface area contributed by atoms with Gasteiger partial charge in [0.25, 0.3) is 5.56 Å². The van der Waals surface area contributed by atoms with Gasteiger partial charge in [-0.1, -0.05) is 23.2 Å². The maximum atomic E-state index is 11.4. The third-order valence-corrected chi connectivity index (χ3v) is 4.12. The topological polar surface area (TPSA) is 72.5 Å². The number of anilines is 1. The van der Waals surface area contributed by atoms with E-state index in [9.17, 15) is 9.90 Å². The second-order valence-corrected chi connectivity index (χ2v) is 5.89. The number of phenolic OH excluding ortho intramolecular Hbond substituents is 1. The fourth-order valence-corrected chi connectivity index (χ4v) is 2.91. The number of nitrogens with zero attached hydrogens (tertiary/aromatic N) is 3. The summed E-state index contributed by atoms with van der Waals surface area (Å²) < 4.78 is 0. The Morgan fingerprint density at radius 3 is 2.70 bits per heavy atom. The third-order valence-electron chi connectivity index (χ3n) is 4.12. The molecule has 2 aromatic rings. The summed E-state index contributed by atoms with van der Waals surface area (Å²) in [6, 6.07) is 5.26. The Kier molecular flexibility index (Phi) is 4.38. The van der Waals surface area contributed by atoms with Crippen LogP contribution in [0.3, 0.4) is 0 Å². The molecule has 0 saturated carbocycles. The average Bonchev–Trinajstić information content (AvgIpc) is 2.53. The van der Waals surface area contributed by atoms with E-state index in [2.05, 4.69) is 19.8 Å². The van der Waals surface area contributed by atoms with Crippen LogP contribution in [-0.2, 0) is 6.54 Å². The van der Waals surface area contributed by atoms with Crippen molar-refractivity contribution in [3.63, 3.8) is 0 Å². The van der Waals surface area contributed by atoms with Gasteiger partial charge >= 0.3 is 0 Å². The van der Waals surface area contributed by atoms with E-state index in [0.29, 0.717) is 17.8 Å². The number of hydrogen-bond acceptors (Lipinski definition) is 5. The predicted molar refractivity (Wildman–Crippen MR) is 90.6 cm³/mol. The highest BCUT2D eigenvalue weighted by atomic mass is 16.3. The van der Waals surface area contributed by atoms with Gasteiger partial charge in [0.05, 0.1) is 6.33 Å². The first-order valence-electron chi connectivity index (χ1n) is 7.63. The molecular weight excluding hydrogens is 291 g/mol. The van der Waals surface area contributed by atoms with Gasteiger partial charge in [-0.3, -0.25) is 9.69 Å². The smallest absolute Gasteiger partial charge is 0.252 e. The number of rotatable bonds is 3. The first-order valence-corrected chi connectivity index (χ1v) is 7.63. The lowest BCUT2D eigenvalue weighted by Gasteiger charge is -2.35. The molecule has 3 rings (SSSR count). The van der Waals surface area contributed by atoms with Crippen LogP contribution in [0.25, 0.3) is 0 Å². The molecule has 2 heterocycles. The van der Waals surface area contributed by atoms with Crippen molar-refractivity contribution >= 4 is 19.1 Å². The Bertz CT molecular complexity index is 754. The number of nitrogens with one attached hydrogen (secondary N) is 1. The number of benzene rings is 1. The van der Waals surface area contributed by atoms with Crippen LogP contribution >= 0.6 is 0 Å². The highest BCUT2D eigenvalue weighted by Gasteiger charge is 2.19. The molecule has 2 N–H and O–H groups in total. The fourth-order valence-electron chi connectivity index (χ4n) is 2.91. The number of aryl methyl sites for hydroxylation is 1. The number of aromatic hydroxyl groups is 1. The second kappa shape index (κ2) is 6.46. The van der Waals surface area contributed by atoms with Crippen molar-refractivity contribution in [3.8, 4) is 5.75 Å². The van der Waals surface area contributed by atoms with E-state index in [0.717, 1.165) is 37.3 Å². The Morgan fingerprint density at radius 2 is 2.00 bits per heavy atom. The maximum absolute atomic E-state index is 11.4. The number of piperazine rings is 1. The molecule has 118 valence electrons. The van der Waals surface area contributed by atoms with Gasteiger partial charge in [0.15, 0.2) is 0 Å². The molecular formula is C16H19BN4O2. The summed E-state index contributed by atoms with van der Waals surface area (Å²) in [6.45, 7) is 5.88. The lowest BCUT2D eigenvalue weighted by atomic mass is 9.90. The fraction of sp³-hybridized carbons (Fsp3) is 0.375. The summed E-state index contributed by atoms with van der Waals surface area (Å²) in [5.74, 6) is 0.880. The summed E-state index contributed by atoms with van der Waals surface area (Å²) >= 11 is 0. The second-order valence-electron chi connectivity index (χ2n) is 5.89. The van der Waals surface area contributed by atoms with Gasteiger partial charge in [-0.15, -0.1) is 0 Å². The summed E-state index contributed by atoms with van der Waals surface area (Å²) in [6.07, 6.45) is 1.43. The monoisotopic (exact) mass is 310 g/mol. The molecule has 1 aliphatic rings. The Morgan fingerprint density at radius 1 is 1.26 bits per heavy atom. The molecule has 0 bridgehead atoms.